The maximum Gasteiger partial charge on any atom is 0.267 e. The highest BCUT2D eigenvalue weighted by molar-refractivity contribution is 5.82. The van der Waals surface area contributed by atoms with Crippen LogP contribution in [0.4, 0.5) is 0 Å². The molecular weight excluding hydrogens is 248 g/mol. The molecule has 1 heterocycles. The fourth-order valence-corrected chi connectivity index (χ4v) is 2.30. The van der Waals surface area contributed by atoms with E-state index in [4.69, 9.17) is 0 Å². The van der Waals surface area contributed by atoms with E-state index in [0.717, 1.165) is 22.4 Å². The fourth-order valence-electron chi connectivity index (χ4n) is 2.30. The Hall–Kier alpha value is -2.68. The third-order valence-electron chi connectivity index (χ3n) is 3.33. The van der Waals surface area contributed by atoms with Crippen molar-refractivity contribution < 1.29 is 0 Å². The lowest BCUT2D eigenvalue weighted by molar-refractivity contribution is 0.978. The molecule has 2 aromatic carbocycles. The number of rotatable bonds is 2. The van der Waals surface area contributed by atoms with E-state index in [9.17, 15) is 4.79 Å². The molecule has 0 fully saturated rings. The highest BCUT2D eigenvalue weighted by Gasteiger charge is 2.14. The topological polar surface area (TPSA) is 45.8 Å². The summed E-state index contributed by atoms with van der Waals surface area (Å²) in [7, 11) is 0. The lowest BCUT2D eigenvalue weighted by Gasteiger charge is -2.11. The van der Waals surface area contributed by atoms with Crippen LogP contribution in [0.2, 0.25) is 0 Å². The minimum absolute atomic E-state index is 0.150. The van der Waals surface area contributed by atoms with Crippen LogP contribution in [0.1, 0.15) is 5.56 Å². The van der Waals surface area contributed by atoms with Crippen LogP contribution in [0, 0.1) is 6.92 Å². The van der Waals surface area contributed by atoms with Gasteiger partial charge in [0.25, 0.3) is 5.56 Å². The Morgan fingerprint density at radius 2 is 1.40 bits per heavy atom. The summed E-state index contributed by atoms with van der Waals surface area (Å²) in [5.74, 6) is 0. The molecule has 0 aliphatic carbocycles. The van der Waals surface area contributed by atoms with E-state index < -0.39 is 0 Å². The average molecular weight is 262 g/mol. The van der Waals surface area contributed by atoms with E-state index in [1.807, 2.05) is 67.6 Å². The Labute approximate surface area is 116 Å². The highest BCUT2D eigenvalue weighted by atomic mass is 16.1. The maximum absolute atomic E-state index is 11.9. The summed E-state index contributed by atoms with van der Waals surface area (Å²) < 4.78 is 0. The van der Waals surface area contributed by atoms with Crippen LogP contribution in [-0.4, -0.2) is 10.2 Å². The van der Waals surface area contributed by atoms with Crippen molar-refractivity contribution in [1.29, 1.82) is 0 Å². The molecule has 0 saturated heterocycles. The largest absolute Gasteiger partial charge is 0.268 e. The molecule has 3 rings (SSSR count). The van der Waals surface area contributed by atoms with Crippen LogP contribution in [0.25, 0.3) is 22.4 Å². The molecule has 0 atom stereocenters. The fraction of sp³-hybridized carbons (Fsp3) is 0.0588. The normalized spacial score (nSPS) is 10.4. The summed E-state index contributed by atoms with van der Waals surface area (Å²) in [5.41, 5.74) is 4.22. The number of aromatic amines is 1. The van der Waals surface area contributed by atoms with Gasteiger partial charge in [0.15, 0.2) is 0 Å². The molecule has 0 aliphatic rings. The molecule has 0 radical (unpaired) electrons. The average Bonchev–Trinajstić information content (AvgIpc) is 2.51. The lowest BCUT2D eigenvalue weighted by atomic mass is 9.96. The minimum Gasteiger partial charge on any atom is -0.268 e. The zero-order chi connectivity index (χ0) is 13.9. The number of benzene rings is 2. The van der Waals surface area contributed by atoms with Gasteiger partial charge in [-0.2, -0.15) is 5.10 Å². The van der Waals surface area contributed by atoms with Crippen LogP contribution in [0.15, 0.2) is 65.5 Å². The molecule has 98 valence electrons. The summed E-state index contributed by atoms with van der Waals surface area (Å²) in [6.07, 6.45) is 0. The number of hydrogen-bond acceptors (Lipinski definition) is 2. The van der Waals surface area contributed by atoms with Crippen molar-refractivity contribution in [2.45, 2.75) is 6.92 Å². The predicted molar refractivity (Wildman–Crippen MR) is 80.5 cm³/mol. The predicted octanol–water partition coefficient (Wildman–Crippen LogP) is 3.41. The molecule has 0 aliphatic heterocycles. The Morgan fingerprint density at radius 3 is 2.00 bits per heavy atom. The van der Waals surface area contributed by atoms with E-state index in [1.54, 1.807) is 0 Å². The first kappa shape index (κ1) is 12.4. The van der Waals surface area contributed by atoms with Crippen molar-refractivity contribution in [3.63, 3.8) is 0 Å². The van der Waals surface area contributed by atoms with Gasteiger partial charge >= 0.3 is 0 Å². The molecule has 0 unspecified atom stereocenters. The third-order valence-corrected chi connectivity index (χ3v) is 3.33. The molecule has 3 aromatic rings. The van der Waals surface area contributed by atoms with Crippen LogP contribution < -0.4 is 5.56 Å². The standard InChI is InChI=1S/C17H14N2O/c1-12-15(13-8-4-2-5-9-13)16(18-19-17(12)20)14-10-6-3-7-11-14/h2-11H,1H3,(H,19,20). The second-order valence-corrected chi connectivity index (χ2v) is 4.63. The van der Waals surface area contributed by atoms with Crippen molar-refractivity contribution in [3.8, 4) is 22.4 Å². The lowest BCUT2D eigenvalue weighted by Crippen LogP contribution is -2.14. The number of hydrogen-bond donors (Lipinski definition) is 1. The molecular formula is C17H14N2O. The minimum atomic E-state index is -0.150. The molecule has 3 nitrogen and oxygen atoms in total. The number of H-pyrrole nitrogens is 1. The van der Waals surface area contributed by atoms with Crippen LogP contribution in [-0.2, 0) is 0 Å². The quantitative estimate of drug-likeness (QED) is 0.769. The van der Waals surface area contributed by atoms with Crippen molar-refractivity contribution >= 4 is 0 Å². The van der Waals surface area contributed by atoms with Crippen LogP contribution >= 0.6 is 0 Å². The summed E-state index contributed by atoms with van der Waals surface area (Å²) in [6, 6.07) is 19.8. The van der Waals surface area contributed by atoms with Crippen molar-refractivity contribution in [2.24, 2.45) is 0 Å². The molecule has 0 saturated carbocycles. The zero-order valence-electron chi connectivity index (χ0n) is 11.1. The van der Waals surface area contributed by atoms with Gasteiger partial charge in [0.2, 0.25) is 0 Å². The first-order valence-electron chi connectivity index (χ1n) is 6.47. The smallest absolute Gasteiger partial charge is 0.267 e. The van der Waals surface area contributed by atoms with E-state index in [1.165, 1.54) is 0 Å². The number of nitrogens with one attached hydrogen (secondary N) is 1. The van der Waals surface area contributed by atoms with Gasteiger partial charge in [-0.3, -0.25) is 4.79 Å². The van der Waals surface area contributed by atoms with E-state index >= 15 is 0 Å². The van der Waals surface area contributed by atoms with Crippen molar-refractivity contribution in [1.82, 2.24) is 10.2 Å². The van der Waals surface area contributed by atoms with Gasteiger partial charge in [-0.1, -0.05) is 60.7 Å². The molecule has 0 amide bonds. The monoisotopic (exact) mass is 262 g/mol. The van der Waals surface area contributed by atoms with Gasteiger partial charge < -0.3 is 0 Å². The Bertz CT molecular complexity index is 777. The molecule has 20 heavy (non-hydrogen) atoms. The number of nitrogens with zero attached hydrogens (tertiary/aromatic N) is 1. The SMILES string of the molecule is Cc1c(-c2ccccc2)c(-c2ccccc2)n[nH]c1=O. The van der Waals surface area contributed by atoms with E-state index in [-0.39, 0.29) is 5.56 Å². The van der Waals surface area contributed by atoms with Crippen LogP contribution in [0.5, 0.6) is 0 Å². The second kappa shape index (κ2) is 5.13. The maximum atomic E-state index is 11.9. The van der Waals surface area contributed by atoms with Gasteiger partial charge in [-0.05, 0) is 12.5 Å². The summed E-state index contributed by atoms with van der Waals surface area (Å²) in [4.78, 5) is 11.9. The van der Waals surface area contributed by atoms with Gasteiger partial charge in [0.05, 0.1) is 5.69 Å². The Morgan fingerprint density at radius 1 is 0.850 bits per heavy atom. The third kappa shape index (κ3) is 2.14. The first-order valence-corrected chi connectivity index (χ1v) is 6.47. The summed E-state index contributed by atoms with van der Waals surface area (Å²) in [5, 5.41) is 6.82. The van der Waals surface area contributed by atoms with Crippen LogP contribution in [0.3, 0.4) is 0 Å². The van der Waals surface area contributed by atoms with Gasteiger partial charge in [0.1, 0.15) is 0 Å². The molecule has 1 aromatic heterocycles. The van der Waals surface area contributed by atoms with E-state index in [0.29, 0.717) is 5.56 Å². The molecule has 0 spiro atoms. The van der Waals surface area contributed by atoms with E-state index in [2.05, 4.69) is 10.2 Å². The Kier molecular flexibility index (Phi) is 3.17. The molecule has 0 bridgehead atoms. The molecule has 3 heteroatoms. The molecule has 1 N–H and O–H groups in total. The second-order valence-electron chi connectivity index (χ2n) is 4.63. The summed E-state index contributed by atoms with van der Waals surface area (Å²) >= 11 is 0. The first-order chi connectivity index (χ1) is 9.77. The van der Waals surface area contributed by atoms with Crippen molar-refractivity contribution in [3.05, 3.63) is 76.6 Å². The summed E-state index contributed by atoms with van der Waals surface area (Å²) in [6.45, 7) is 1.83. The highest BCUT2D eigenvalue weighted by Crippen LogP contribution is 2.30. The number of aromatic nitrogens is 2. The van der Waals surface area contributed by atoms with Crippen molar-refractivity contribution in [2.75, 3.05) is 0 Å². The zero-order valence-corrected chi connectivity index (χ0v) is 11.1. The van der Waals surface area contributed by atoms with Gasteiger partial charge in [-0.25, -0.2) is 5.10 Å². The van der Waals surface area contributed by atoms with Gasteiger partial charge in [0, 0.05) is 16.7 Å². The Balaban J connectivity index is 2.32. The van der Waals surface area contributed by atoms with Gasteiger partial charge in [-0.15, -0.1) is 0 Å².